The standard InChI is InChI=1S/C10H17N3/c1-8-11-5-9(6-12-8)7-13-10(2,3)4/h5-6,13H,7H2,1-4H3. The fraction of sp³-hybridized carbons (Fsp3) is 0.600. The van der Waals surface area contributed by atoms with Gasteiger partial charge in [-0.25, -0.2) is 9.97 Å². The number of nitrogens with one attached hydrogen (secondary N) is 1. The van der Waals surface area contributed by atoms with Crippen molar-refractivity contribution in [3.05, 3.63) is 23.8 Å². The van der Waals surface area contributed by atoms with Crippen LogP contribution in [0, 0.1) is 6.92 Å². The first-order valence-electron chi connectivity index (χ1n) is 4.50. The van der Waals surface area contributed by atoms with E-state index in [0.717, 1.165) is 17.9 Å². The summed E-state index contributed by atoms with van der Waals surface area (Å²) in [6.07, 6.45) is 3.72. The Hall–Kier alpha value is -0.960. The van der Waals surface area contributed by atoms with Crippen molar-refractivity contribution < 1.29 is 0 Å². The van der Waals surface area contributed by atoms with E-state index < -0.39 is 0 Å². The van der Waals surface area contributed by atoms with Crippen molar-refractivity contribution in [2.75, 3.05) is 0 Å². The second kappa shape index (κ2) is 3.83. The van der Waals surface area contributed by atoms with Gasteiger partial charge in [0.2, 0.25) is 0 Å². The summed E-state index contributed by atoms with van der Waals surface area (Å²) in [7, 11) is 0. The molecule has 0 aromatic carbocycles. The highest BCUT2D eigenvalue weighted by atomic mass is 14.9. The van der Waals surface area contributed by atoms with Crippen LogP contribution in [0.2, 0.25) is 0 Å². The molecule has 3 nitrogen and oxygen atoms in total. The molecule has 0 amide bonds. The van der Waals surface area contributed by atoms with Crippen molar-refractivity contribution >= 4 is 0 Å². The number of aromatic nitrogens is 2. The second-order valence-electron chi connectivity index (χ2n) is 4.24. The molecule has 0 aliphatic heterocycles. The summed E-state index contributed by atoms with van der Waals surface area (Å²) in [6.45, 7) is 9.14. The van der Waals surface area contributed by atoms with Crippen LogP contribution < -0.4 is 5.32 Å². The molecule has 0 fully saturated rings. The maximum absolute atomic E-state index is 4.13. The van der Waals surface area contributed by atoms with Crippen molar-refractivity contribution in [3.63, 3.8) is 0 Å². The zero-order valence-electron chi connectivity index (χ0n) is 8.76. The van der Waals surface area contributed by atoms with Crippen molar-refractivity contribution in [2.24, 2.45) is 0 Å². The van der Waals surface area contributed by atoms with Gasteiger partial charge < -0.3 is 5.32 Å². The van der Waals surface area contributed by atoms with Crippen molar-refractivity contribution in [3.8, 4) is 0 Å². The quantitative estimate of drug-likeness (QED) is 0.750. The monoisotopic (exact) mass is 179 g/mol. The molecule has 1 aromatic heterocycles. The summed E-state index contributed by atoms with van der Waals surface area (Å²) in [4.78, 5) is 8.26. The fourth-order valence-electron chi connectivity index (χ4n) is 0.878. The van der Waals surface area contributed by atoms with Gasteiger partial charge in [0.25, 0.3) is 0 Å². The van der Waals surface area contributed by atoms with Crippen LogP contribution in [0.1, 0.15) is 32.2 Å². The number of rotatable bonds is 2. The molecule has 0 bridgehead atoms. The molecule has 0 saturated carbocycles. The SMILES string of the molecule is Cc1ncc(CNC(C)(C)C)cn1. The molecule has 0 aliphatic rings. The van der Waals surface area contributed by atoms with Crippen LogP contribution >= 0.6 is 0 Å². The molecule has 3 heteroatoms. The Labute approximate surface area is 79.6 Å². The van der Waals surface area contributed by atoms with Gasteiger partial charge in [-0.2, -0.15) is 0 Å². The van der Waals surface area contributed by atoms with Crippen LogP contribution in [-0.2, 0) is 6.54 Å². The van der Waals surface area contributed by atoms with Crippen LogP contribution in [0.5, 0.6) is 0 Å². The first kappa shape index (κ1) is 10.1. The number of hydrogen-bond donors (Lipinski definition) is 1. The molecule has 1 N–H and O–H groups in total. The maximum atomic E-state index is 4.13. The van der Waals surface area contributed by atoms with E-state index in [1.54, 1.807) is 0 Å². The normalized spacial score (nSPS) is 11.7. The van der Waals surface area contributed by atoms with Crippen molar-refractivity contribution in [1.82, 2.24) is 15.3 Å². The van der Waals surface area contributed by atoms with Gasteiger partial charge in [0, 0.05) is 30.0 Å². The van der Waals surface area contributed by atoms with Crippen molar-refractivity contribution in [1.29, 1.82) is 0 Å². The van der Waals surface area contributed by atoms with Gasteiger partial charge in [0.15, 0.2) is 0 Å². The topological polar surface area (TPSA) is 37.8 Å². The number of hydrogen-bond acceptors (Lipinski definition) is 3. The summed E-state index contributed by atoms with van der Waals surface area (Å²) in [5.41, 5.74) is 1.27. The minimum Gasteiger partial charge on any atom is -0.308 e. The predicted octanol–water partition coefficient (Wildman–Crippen LogP) is 1.67. The highest BCUT2D eigenvalue weighted by Gasteiger charge is 2.08. The highest BCUT2D eigenvalue weighted by molar-refractivity contribution is 5.04. The Morgan fingerprint density at radius 3 is 2.23 bits per heavy atom. The van der Waals surface area contributed by atoms with Crippen LogP contribution in [0.3, 0.4) is 0 Å². The molecule has 0 atom stereocenters. The lowest BCUT2D eigenvalue weighted by molar-refractivity contribution is 0.423. The lowest BCUT2D eigenvalue weighted by Crippen LogP contribution is -2.35. The molecule has 1 aromatic rings. The van der Waals surface area contributed by atoms with Gasteiger partial charge in [-0.1, -0.05) is 0 Å². The summed E-state index contributed by atoms with van der Waals surface area (Å²) < 4.78 is 0. The largest absolute Gasteiger partial charge is 0.308 e. The third kappa shape index (κ3) is 3.99. The number of aryl methyl sites for hydroxylation is 1. The third-order valence-electron chi connectivity index (χ3n) is 1.66. The van der Waals surface area contributed by atoms with Gasteiger partial charge >= 0.3 is 0 Å². The van der Waals surface area contributed by atoms with Crippen LogP contribution in [-0.4, -0.2) is 15.5 Å². The average Bonchev–Trinajstić information content (AvgIpc) is 2.02. The molecule has 0 aliphatic carbocycles. The van der Waals surface area contributed by atoms with Gasteiger partial charge in [0.05, 0.1) is 0 Å². The summed E-state index contributed by atoms with van der Waals surface area (Å²) >= 11 is 0. The Bertz CT molecular complexity index is 258. The molecule has 1 rings (SSSR count). The van der Waals surface area contributed by atoms with Gasteiger partial charge in [-0.05, 0) is 27.7 Å². The van der Waals surface area contributed by atoms with Gasteiger partial charge in [0.1, 0.15) is 5.82 Å². The second-order valence-corrected chi connectivity index (χ2v) is 4.24. The Morgan fingerprint density at radius 1 is 1.23 bits per heavy atom. The number of nitrogens with zero attached hydrogens (tertiary/aromatic N) is 2. The highest BCUT2D eigenvalue weighted by Crippen LogP contribution is 2.02. The van der Waals surface area contributed by atoms with E-state index in [4.69, 9.17) is 0 Å². The van der Waals surface area contributed by atoms with Gasteiger partial charge in [-0.15, -0.1) is 0 Å². The molecule has 0 saturated heterocycles. The van der Waals surface area contributed by atoms with Gasteiger partial charge in [-0.3, -0.25) is 0 Å². The average molecular weight is 179 g/mol. The smallest absolute Gasteiger partial charge is 0.125 e. The van der Waals surface area contributed by atoms with Crippen LogP contribution in [0.25, 0.3) is 0 Å². The summed E-state index contributed by atoms with van der Waals surface area (Å²) in [6, 6.07) is 0. The minimum absolute atomic E-state index is 0.144. The van der Waals surface area contributed by atoms with E-state index in [9.17, 15) is 0 Å². The molecule has 13 heavy (non-hydrogen) atoms. The summed E-state index contributed by atoms with van der Waals surface area (Å²) in [5, 5.41) is 3.38. The zero-order valence-corrected chi connectivity index (χ0v) is 8.76. The maximum Gasteiger partial charge on any atom is 0.125 e. The molecule has 1 heterocycles. The third-order valence-corrected chi connectivity index (χ3v) is 1.66. The van der Waals surface area contributed by atoms with Crippen LogP contribution in [0.4, 0.5) is 0 Å². The Morgan fingerprint density at radius 2 is 1.77 bits per heavy atom. The lowest BCUT2D eigenvalue weighted by Gasteiger charge is -2.20. The van der Waals surface area contributed by atoms with E-state index in [1.807, 2.05) is 19.3 Å². The van der Waals surface area contributed by atoms with E-state index >= 15 is 0 Å². The first-order chi connectivity index (χ1) is 5.97. The molecule has 72 valence electrons. The lowest BCUT2D eigenvalue weighted by atomic mass is 10.1. The minimum atomic E-state index is 0.144. The molecular weight excluding hydrogens is 162 g/mol. The van der Waals surface area contributed by atoms with E-state index in [0.29, 0.717) is 0 Å². The fourth-order valence-corrected chi connectivity index (χ4v) is 0.878. The van der Waals surface area contributed by atoms with E-state index in [2.05, 4.69) is 36.1 Å². The molecule has 0 spiro atoms. The van der Waals surface area contributed by atoms with E-state index in [1.165, 1.54) is 0 Å². The van der Waals surface area contributed by atoms with Crippen LogP contribution in [0.15, 0.2) is 12.4 Å². The predicted molar refractivity (Wildman–Crippen MR) is 53.4 cm³/mol. The summed E-state index contributed by atoms with van der Waals surface area (Å²) in [5.74, 6) is 0.819. The molecule has 0 unspecified atom stereocenters. The van der Waals surface area contributed by atoms with E-state index in [-0.39, 0.29) is 5.54 Å². The Kier molecular flexibility index (Phi) is 2.98. The first-order valence-corrected chi connectivity index (χ1v) is 4.50. The zero-order chi connectivity index (χ0) is 9.90. The Balaban J connectivity index is 2.51. The molecular formula is C10H17N3. The molecule has 0 radical (unpaired) electrons. The van der Waals surface area contributed by atoms with Crippen molar-refractivity contribution in [2.45, 2.75) is 39.8 Å².